The molecule has 3 aromatic heterocycles. The zero-order valence-electron chi connectivity index (χ0n) is 17.3. The maximum absolute atomic E-state index is 9.48. The summed E-state index contributed by atoms with van der Waals surface area (Å²) in [6, 6.07) is 26.0. The Balaban J connectivity index is 1.95. The summed E-state index contributed by atoms with van der Waals surface area (Å²) in [6.45, 7) is 2.20. The third-order valence-electron chi connectivity index (χ3n) is 6.87. The average molecular weight is 396 g/mol. The van der Waals surface area contributed by atoms with Crippen LogP contribution in [-0.2, 0) is 7.05 Å². The summed E-state index contributed by atoms with van der Waals surface area (Å²) >= 11 is 0. The SMILES string of the molecule is Cc1ccc2c3ccccc3n3c4cc5ccc(C#N)cc5c5cc[n+](C)c(c1c23)c54. The van der Waals surface area contributed by atoms with E-state index in [2.05, 4.69) is 89.8 Å². The summed E-state index contributed by atoms with van der Waals surface area (Å²) in [7, 11) is 2.13. The first-order valence-corrected chi connectivity index (χ1v) is 10.5. The molecule has 0 N–H and O–H groups in total. The number of aromatic nitrogens is 2. The van der Waals surface area contributed by atoms with E-state index in [1.807, 2.05) is 12.1 Å². The Bertz CT molecular complexity index is 1920. The van der Waals surface area contributed by atoms with Crippen LogP contribution in [0, 0.1) is 18.3 Å². The third kappa shape index (κ3) is 1.90. The molecule has 31 heavy (non-hydrogen) atoms. The van der Waals surface area contributed by atoms with Crippen LogP contribution in [0.25, 0.3) is 59.8 Å². The molecule has 0 fully saturated rings. The van der Waals surface area contributed by atoms with Crippen molar-refractivity contribution in [2.75, 3.05) is 0 Å². The molecule has 0 unspecified atom stereocenters. The number of rotatable bonds is 0. The van der Waals surface area contributed by atoms with E-state index < -0.39 is 0 Å². The van der Waals surface area contributed by atoms with E-state index in [-0.39, 0.29) is 0 Å². The van der Waals surface area contributed by atoms with Crippen LogP contribution in [0.1, 0.15) is 11.1 Å². The van der Waals surface area contributed by atoms with Gasteiger partial charge in [-0.1, -0.05) is 36.4 Å². The Labute approximate surface area is 178 Å². The number of fused-ring (bicyclic) bond motifs is 7. The molecule has 0 aliphatic rings. The average Bonchev–Trinajstić information content (AvgIpc) is 3.13. The molecule has 0 atom stereocenters. The van der Waals surface area contributed by atoms with Crippen molar-refractivity contribution >= 4 is 59.8 Å². The summed E-state index contributed by atoms with van der Waals surface area (Å²) in [5, 5.41) is 18.1. The smallest absolute Gasteiger partial charge is 0.224 e. The quantitative estimate of drug-likeness (QED) is 0.172. The molecule has 0 amide bonds. The fourth-order valence-corrected chi connectivity index (χ4v) is 5.52. The van der Waals surface area contributed by atoms with Gasteiger partial charge in [-0.25, -0.2) is 4.57 Å². The highest BCUT2D eigenvalue weighted by atomic mass is 15.0. The van der Waals surface area contributed by atoms with Crippen LogP contribution in [-0.4, -0.2) is 4.40 Å². The van der Waals surface area contributed by atoms with Crippen molar-refractivity contribution < 1.29 is 4.57 Å². The summed E-state index contributed by atoms with van der Waals surface area (Å²) in [4.78, 5) is 0. The van der Waals surface area contributed by atoms with E-state index in [1.165, 1.54) is 54.6 Å². The highest BCUT2D eigenvalue weighted by Crippen LogP contribution is 2.42. The Morgan fingerprint density at radius 2 is 1.68 bits per heavy atom. The fourth-order valence-electron chi connectivity index (χ4n) is 5.52. The van der Waals surface area contributed by atoms with Gasteiger partial charge in [0.25, 0.3) is 0 Å². The first-order chi connectivity index (χ1) is 15.2. The number of nitriles is 1. The van der Waals surface area contributed by atoms with E-state index in [1.54, 1.807) is 0 Å². The van der Waals surface area contributed by atoms with Gasteiger partial charge in [0.1, 0.15) is 7.05 Å². The van der Waals surface area contributed by atoms with Gasteiger partial charge in [0.15, 0.2) is 6.20 Å². The number of para-hydroxylation sites is 1. The second kappa shape index (κ2) is 5.50. The van der Waals surface area contributed by atoms with Gasteiger partial charge in [0.2, 0.25) is 5.52 Å². The Kier molecular flexibility index (Phi) is 2.95. The zero-order valence-corrected chi connectivity index (χ0v) is 17.3. The lowest BCUT2D eigenvalue weighted by molar-refractivity contribution is -0.643. The summed E-state index contributed by atoms with van der Waals surface area (Å²) < 4.78 is 4.69. The minimum Gasteiger partial charge on any atom is -0.307 e. The van der Waals surface area contributed by atoms with E-state index in [0.717, 1.165) is 10.8 Å². The van der Waals surface area contributed by atoms with Crippen LogP contribution in [0.3, 0.4) is 0 Å². The van der Waals surface area contributed by atoms with Crippen LogP contribution in [0.15, 0.2) is 72.9 Å². The van der Waals surface area contributed by atoms with E-state index in [9.17, 15) is 5.26 Å². The Morgan fingerprint density at radius 3 is 2.55 bits per heavy atom. The number of pyridine rings is 2. The molecular weight excluding hydrogens is 378 g/mol. The van der Waals surface area contributed by atoms with Gasteiger partial charge in [-0.2, -0.15) is 5.26 Å². The van der Waals surface area contributed by atoms with Crippen LogP contribution in [0.2, 0.25) is 0 Å². The monoisotopic (exact) mass is 396 g/mol. The largest absolute Gasteiger partial charge is 0.307 e. The molecule has 3 heterocycles. The number of hydrogen-bond acceptors (Lipinski definition) is 1. The van der Waals surface area contributed by atoms with Gasteiger partial charge in [-0.05, 0) is 47.5 Å². The highest BCUT2D eigenvalue weighted by molar-refractivity contribution is 6.29. The maximum Gasteiger partial charge on any atom is 0.224 e. The van der Waals surface area contributed by atoms with E-state index in [0.29, 0.717) is 5.56 Å². The molecule has 0 radical (unpaired) electrons. The van der Waals surface area contributed by atoms with Gasteiger partial charge in [-0.3, -0.25) is 0 Å². The van der Waals surface area contributed by atoms with E-state index in [4.69, 9.17) is 0 Å². The van der Waals surface area contributed by atoms with Crippen molar-refractivity contribution in [3.63, 3.8) is 0 Å². The minimum atomic E-state index is 0.693. The molecule has 0 saturated heterocycles. The van der Waals surface area contributed by atoms with Gasteiger partial charge in [0, 0.05) is 22.2 Å². The van der Waals surface area contributed by atoms with Crippen molar-refractivity contribution in [2.24, 2.45) is 7.05 Å². The molecule has 0 aliphatic heterocycles. The number of hydrogen-bond donors (Lipinski definition) is 0. The molecule has 0 spiro atoms. The first kappa shape index (κ1) is 16.6. The van der Waals surface area contributed by atoms with Gasteiger partial charge in [0.05, 0.1) is 39.0 Å². The molecule has 7 rings (SSSR count). The summed E-state index contributed by atoms with van der Waals surface area (Å²) in [5.41, 5.74) is 6.94. The van der Waals surface area contributed by atoms with Crippen molar-refractivity contribution in [1.29, 1.82) is 5.26 Å². The molecule has 144 valence electrons. The lowest BCUT2D eigenvalue weighted by atomic mass is 9.95. The second-order valence-electron chi connectivity index (χ2n) is 8.51. The van der Waals surface area contributed by atoms with Crippen molar-refractivity contribution in [2.45, 2.75) is 6.92 Å². The highest BCUT2D eigenvalue weighted by Gasteiger charge is 2.24. The van der Waals surface area contributed by atoms with Gasteiger partial charge >= 0.3 is 0 Å². The predicted molar refractivity (Wildman–Crippen MR) is 127 cm³/mol. The van der Waals surface area contributed by atoms with Crippen LogP contribution < -0.4 is 4.57 Å². The maximum atomic E-state index is 9.48. The van der Waals surface area contributed by atoms with Gasteiger partial charge < -0.3 is 4.40 Å². The fraction of sp³-hybridized carbons (Fsp3) is 0.0714. The second-order valence-corrected chi connectivity index (χ2v) is 8.51. The minimum absolute atomic E-state index is 0.693. The topological polar surface area (TPSA) is 32.1 Å². The first-order valence-electron chi connectivity index (χ1n) is 10.5. The van der Waals surface area contributed by atoms with Crippen molar-refractivity contribution in [3.8, 4) is 6.07 Å². The molecule has 3 nitrogen and oxygen atoms in total. The van der Waals surface area contributed by atoms with Gasteiger partial charge in [-0.15, -0.1) is 0 Å². The molecular formula is C28H18N3+. The molecule has 0 aliphatic carbocycles. The molecule has 7 aromatic rings. The standard InChI is InChI=1S/C28H18N3/c1-16-7-10-21-19-5-3-4-6-23(19)31-24-14-18-9-8-17(15-29)13-22(18)20-11-12-30(2)28(26(20)24)25(16)27(21)31/h3-14H,1-2H3/q+1. The predicted octanol–water partition coefficient (Wildman–Crippen LogP) is 6.15. The summed E-state index contributed by atoms with van der Waals surface area (Å²) in [5.74, 6) is 0. The summed E-state index contributed by atoms with van der Waals surface area (Å²) in [6.07, 6.45) is 2.15. The number of aryl methyl sites for hydroxylation is 2. The zero-order chi connectivity index (χ0) is 20.9. The number of nitrogens with zero attached hydrogens (tertiary/aromatic N) is 3. The van der Waals surface area contributed by atoms with Crippen LogP contribution in [0.4, 0.5) is 0 Å². The third-order valence-corrected chi connectivity index (χ3v) is 6.87. The lowest BCUT2D eigenvalue weighted by Gasteiger charge is -2.14. The lowest BCUT2D eigenvalue weighted by Crippen LogP contribution is -2.29. The Hall–Kier alpha value is -4.16. The molecule has 0 bridgehead atoms. The number of benzene rings is 4. The normalized spacial score (nSPS) is 12.2. The van der Waals surface area contributed by atoms with Crippen LogP contribution >= 0.6 is 0 Å². The molecule has 4 aromatic carbocycles. The van der Waals surface area contributed by atoms with Crippen molar-refractivity contribution in [3.05, 3.63) is 84.1 Å². The van der Waals surface area contributed by atoms with Crippen LogP contribution in [0.5, 0.6) is 0 Å². The molecule has 3 heteroatoms. The van der Waals surface area contributed by atoms with Crippen molar-refractivity contribution in [1.82, 2.24) is 4.40 Å². The molecule has 0 saturated carbocycles. The van der Waals surface area contributed by atoms with E-state index >= 15 is 0 Å². The Morgan fingerprint density at radius 1 is 0.806 bits per heavy atom.